The molecular formula is C20H22N2O4S. The summed E-state index contributed by atoms with van der Waals surface area (Å²) in [6, 6.07) is 14.3. The maximum Gasteiger partial charge on any atom is 0.337 e. The molecule has 1 saturated heterocycles. The summed E-state index contributed by atoms with van der Waals surface area (Å²) >= 11 is 1.84. The van der Waals surface area contributed by atoms with Gasteiger partial charge in [-0.2, -0.15) is 11.8 Å². The normalized spacial score (nSPS) is 16.5. The van der Waals surface area contributed by atoms with Gasteiger partial charge in [0.1, 0.15) is 5.75 Å². The first-order valence-corrected chi connectivity index (χ1v) is 9.75. The Kier molecular flexibility index (Phi) is 6.24. The minimum Gasteiger partial charge on any atom is -0.497 e. The van der Waals surface area contributed by atoms with Crippen molar-refractivity contribution >= 4 is 29.4 Å². The average molecular weight is 386 g/mol. The molecule has 2 aromatic carbocycles. The number of carbonyl (C=O) groups excluding carboxylic acids is 2. The minimum absolute atomic E-state index is 0.00370. The average Bonchev–Trinajstić information content (AvgIpc) is 2.73. The summed E-state index contributed by atoms with van der Waals surface area (Å²) < 4.78 is 9.90. The van der Waals surface area contributed by atoms with Gasteiger partial charge in [-0.15, -0.1) is 0 Å². The zero-order valence-electron chi connectivity index (χ0n) is 15.3. The Bertz CT molecular complexity index is 793. The summed E-state index contributed by atoms with van der Waals surface area (Å²) in [5.41, 5.74) is 2.17. The molecule has 1 aliphatic heterocycles. The highest BCUT2D eigenvalue weighted by Gasteiger charge is 2.28. The lowest BCUT2D eigenvalue weighted by molar-refractivity contribution is 0.0600. The van der Waals surface area contributed by atoms with Gasteiger partial charge in [0, 0.05) is 23.7 Å². The molecule has 0 spiro atoms. The van der Waals surface area contributed by atoms with E-state index < -0.39 is 5.97 Å². The van der Waals surface area contributed by atoms with Crippen LogP contribution in [-0.4, -0.2) is 49.2 Å². The van der Waals surface area contributed by atoms with Gasteiger partial charge in [-0.05, 0) is 42.0 Å². The number of hydrogen-bond acceptors (Lipinski definition) is 5. The van der Waals surface area contributed by atoms with E-state index in [4.69, 9.17) is 4.74 Å². The van der Waals surface area contributed by atoms with Crippen LogP contribution in [0.15, 0.2) is 48.5 Å². The molecule has 0 saturated carbocycles. The standard InChI is InChI=1S/C20H22N2O4S/c1-25-17-9-5-14(6-10-17)18-13-27-12-11-22(18)20(24)21-16-7-3-15(4-8-16)19(23)26-2/h3-10,18H,11-13H2,1-2H3,(H,21,24)/t18-/m0/s1. The monoisotopic (exact) mass is 386 g/mol. The van der Waals surface area contributed by atoms with Crippen molar-refractivity contribution < 1.29 is 19.1 Å². The number of rotatable bonds is 4. The van der Waals surface area contributed by atoms with Crippen LogP contribution in [0.3, 0.4) is 0 Å². The third kappa shape index (κ3) is 4.54. The third-order valence-corrected chi connectivity index (χ3v) is 5.47. The first kappa shape index (κ1) is 19.1. The van der Waals surface area contributed by atoms with Gasteiger partial charge in [-0.1, -0.05) is 12.1 Å². The van der Waals surface area contributed by atoms with Gasteiger partial charge < -0.3 is 19.7 Å². The molecule has 0 aromatic heterocycles. The molecule has 1 atom stereocenters. The maximum absolute atomic E-state index is 12.8. The van der Waals surface area contributed by atoms with Crippen molar-refractivity contribution in [2.75, 3.05) is 37.6 Å². The summed E-state index contributed by atoms with van der Waals surface area (Å²) in [7, 11) is 2.97. The fourth-order valence-corrected chi connectivity index (χ4v) is 4.04. The number of esters is 1. The van der Waals surface area contributed by atoms with E-state index in [1.54, 1.807) is 31.4 Å². The second-order valence-corrected chi connectivity index (χ2v) is 7.21. The Hall–Kier alpha value is -2.67. The number of nitrogens with zero attached hydrogens (tertiary/aromatic N) is 1. The second kappa shape index (κ2) is 8.81. The Morgan fingerprint density at radius 1 is 1.07 bits per heavy atom. The first-order valence-electron chi connectivity index (χ1n) is 8.60. The Balaban J connectivity index is 1.72. The summed E-state index contributed by atoms with van der Waals surface area (Å²) in [5, 5.41) is 2.92. The Labute approximate surface area is 162 Å². The van der Waals surface area contributed by atoms with Crippen LogP contribution in [0, 0.1) is 0 Å². The number of benzene rings is 2. The molecule has 1 heterocycles. The molecule has 0 aliphatic carbocycles. The van der Waals surface area contributed by atoms with Crippen molar-refractivity contribution in [3.8, 4) is 5.75 Å². The summed E-state index contributed by atoms with van der Waals surface area (Å²) in [5.74, 6) is 2.15. The van der Waals surface area contributed by atoms with Crippen LogP contribution < -0.4 is 10.1 Å². The topological polar surface area (TPSA) is 67.9 Å². The molecule has 6 nitrogen and oxygen atoms in total. The number of thioether (sulfide) groups is 1. The van der Waals surface area contributed by atoms with E-state index in [0.29, 0.717) is 17.8 Å². The minimum atomic E-state index is -0.402. The van der Waals surface area contributed by atoms with Crippen LogP contribution in [0.1, 0.15) is 22.0 Å². The van der Waals surface area contributed by atoms with Crippen molar-refractivity contribution in [3.05, 3.63) is 59.7 Å². The summed E-state index contributed by atoms with van der Waals surface area (Å²) in [6.07, 6.45) is 0. The van der Waals surface area contributed by atoms with Gasteiger partial charge in [0.05, 0.1) is 25.8 Å². The molecule has 7 heteroatoms. The molecule has 2 amide bonds. The smallest absolute Gasteiger partial charge is 0.337 e. The molecular weight excluding hydrogens is 364 g/mol. The van der Waals surface area contributed by atoms with Crippen molar-refractivity contribution in [2.45, 2.75) is 6.04 Å². The van der Waals surface area contributed by atoms with Crippen LogP contribution in [0.5, 0.6) is 5.75 Å². The number of anilines is 1. The summed E-state index contributed by atoms with van der Waals surface area (Å²) in [4.78, 5) is 26.2. The van der Waals surface area contributed by atoms with Crippen LogP contribution in [-0.2, 0) is 4.74 Å². The Morgan fingerprint density at radius 2 is 1.78 bits per heavy atom. The molecule has 1 fully saturated rings. The highest BCUT2D eigenvalue weighted by atomic mass is 32.2. The zero-order chi connectivity index (χ0) is 19.2. The van der Waals surface area contributed by atoms with Crippen LogP contribution >= 0.6 is 11.8 Å². The number of urea groups is 1. The number of carbonyl (C=O) groups is 2. The molecule has 2 aromatic rings. The second-order valence-electron chi connectivity index (χ2n) is 6.06. The van der Waals surface area contributed by atoms with Gasteiger partial charge in [-0.3, -0.25) is 0 Å². The highest BCUT2D eigenvalue weighted by molar-refractivity contribution is 7.99. The lowest BCUT2D eigenvalue weighted by Gasteiger charge is -2.35. The zero-order valence-corrected chi connectivity index (χ0v) is 16.1. The molecule has 0 unspecified atom stereocenters. The molecule has 27 heavy (non-hydrogen) atoms. The lowest BCUT2D eigenvalue weighted by Crippen LogP contribution is -2.43. The maximum atomic E-state index is 12.8. The van der Waals surface area contributed by atoms with Crippen molar-refractivity contribution in [2.24, 2.45) is 0 Å². The van der Waals surface area contributed by atoms with E-state index in [0.717, 1.165) is 22.8 Å². The molecule has 0 bridgehead atoms. The van der Waals surface area contributed by atoms with E-state index in [-0.39, 0.29) is 12.1 Å². The lowest BCUT2D eigenvalue weighted by atomic mass is 10.1. The fourth-order valence-electron chi connectivity index (χ4n) is 2.95. The third-order valence-electron chi connectivity index (χ3n) is 4.45. The van der Waals surface area contributed by atoms with E-state index in [1.165, 1.54) is 7.11 Å². The van der Waals surface area contributed by atoms with Gasteiger partial charge in [0.2, 0.25) is 0 Å². The van der Waals surface area contributed by atoms with E-state index >= 15 is 0 Å². The highest BCUT2D eigenvalue weighted by Crippen LogP contribution is 2.31. The van der Waals surface area contributed by atoms with E-state index in [1.807, 2.05) is 40.9 Å². The quantitative estimate of drug-likeness (QED) is 0.810. The van der Waals surface area contributed by atoms with Crippen molar-refractivity contribution in [3.63, 3.8) is 0 Å². The predicted octanol–water partition coefficient (Wildman–Crippen LogP) is 3.80. The van der Waals surface area contributed by atoms with Gasteiger partial charge in [0.15, 0.2) is 0 Å². The first-order chi connectivity index (χ1) is 13.1. The number of methoxy groups -OCH3 is 2. The van der Waals surface area contributed by atoms with Crippen LogP contribution in [0.25, 0.3) is 0 Å². The van der Waals surface area contributed by atoms with E-state index in [2.05, 4.69) is 10.1 Å². The summed E-state index contributed by atoms with van der Waals surface area (Å²) in [6.45, 7) is 0.674. The number of nitrogens with one attached hydrogen (secondary N) is 1. The largest absolute Gasteiger partial charge is 0.497 e. The van der Waals surface area contributed by atoms with Crippen LogP contribution in [0.4, 0.5) is 10.5 Å². The SMILES string of the molecule is COC(=O)c1ccc(NC(=O)N2CCSC[C@H]2c2ccc(OC)cc2)cc1. The van der Waals surface area contributed by atoms with Crippen LogP contribution in [0.2, 0.25) is 0 Å². The van der Waals surface area contributed by atoms with Crippen molar-refractivity contribution in [1.29, 1.82) is 0 Å². The molecule has 1 N–H and O–H groups in total. The predicted molar refractivity (Wildman–Crippen MR) is 107 cm³/mol. The Morgan fingerprint density at radius 3 is 2.41 bits per heavy atom. The van der Waals surface area contributed by atoms with Gasteiger partial charge in [0.25, 0.3) is 0 Å². The van der Waals surface area contributed by atoms with Crippen molar-refractivity contribution in [1.82, 2.24) is 4.90 Å². The fraction of sp³-hybridized carbons (Fsp3) is 0.300. The number of hydrogen-bond donors (Lipinski definition) is 1. The van der Waals surface area contributed by atoms with Gasteiger partial charge >= 0.3 is 12.0 Å². The number of amides is 2. The molecule has 142 valence electrons. The van der Waals surface area contributed by atoms with Gasteiger partial charge in [-0.25, -0.2) is 9.59 Å². The van der Waals surface area contributed by atoms with E-state index in [9.17, 15) is 9.59 Å². The molecule has 3 rings (SSSR count). The number of ether oxygens (including phenoxy) is 2. The molecule has 0 radical (unpaired) electrons. The molecule has 1 aliphatic rings.